The third-order valence-electron chi connectivity index (χ3n) is 4.10. The number of pyridine rings is 1. The second-order valence-electron chi connectivity index (χ2n) is 5.90. The van der Waals surface area contributed by atoms with Gasteiger partial charge in [-0.15, -0.1) is 12.4 Å². The molecule has 0 saturated carbocycles. The molecule has 3 aromatic rings. The highest BCUT2D eigenvalue weighted by atomic mass is 35.5. The summed E-state index contributed by atoms with van der Waals surface area (Å²) >= 11 is 0. The van der Waals surface area contributed by atoms with E-state index in [9.17, 15) is 14.8 Å². The number of benzene rings is 1. The summed E-state index contributed by atoms with van der Waals surface area (Å²) < 4.78 is 5.46. The summed E-state index contributed by atoms with van der Waals surface area (Å²) in [5.41, 5.74) is 2.56. The van der Waals surface area contributed by atoms with Crippen LogP contribution in [-0.4, -0.2) is 34.0 Å². The highest BCUT2D eigenvalue weighted by molar-refractivity contribution is 6.43. The molecule has 0 radical (unpaired) electrons. The molecule has 0 aliphatic heterocycles. The third-order valence-corrected chi connectivity index (χ3v) is 4.10. The van der Waals surface area contributed by atoms with E-state index >= 15 is 0 Å². The number of carbonyl (C=O) groups is 1. The Labute approximate surface area is 157 Å². The van der Waals surface area contributed by atoms with E-state index in [4.69, 9.17) is 4.42 Å². The average Bonchev–Trinajstić information content (AvgIpc) is 3.03. The molecule has 3 N–H and O–H groups in total. The van der Waals surface area contributed by atoms with Crippen molar-refractivity contribution in [2.24, 2.45) is 0 Å². The topological polar surface area (TPSA) is 95.6 Å². The second kappa shape index (κ2) is 9.38. The van der Waals surface area contributed by atoms with Gasteiger partial charge in [-0.2, -0.15) is 0 Å². The molecule has 3 rings (SSSR count). The van der Waals surface area contributed by atoms with Crippen LogP contribution in [0.1, 0.15) is 17.5 Å². The Kier molecular flexibility index (Phi) is 7.21. The molecular weight excluding hydrogens is 354 g/mol. The standard InChI is InChI=1S/C18H19BN2O4.ClH/c22-18(6-5-13-7-9-20-10-8-13)21-17(19(23)24)11-14-12-25-16-4-2-1-3-15(14)16;/h1-4,7-10,12,17,23-24H,5-6,11H2,(H,21,22);1H. The van der Waals surface area contributed by atoms with E-state index in [1.807, 2.05) is 36.4 Å². The van der Waals surface area contributed by atoms with Crippen molar-refractivity contribution in [3.05, 3.63) is 66.2 Å². The van der Waals surface area contributed by atoms with Crippen molar-refractivity contribution in [2.45, 2.75) is 25.2 Å². The number of rotatable bonds is 7. The molecule has 1 unspecified atom stereocenters. The van der Waals surface area contributed by atoms with Crippen LogP contribution in [0.2, 0.25) is 0 Å². The van der Waals surface area contributed by atoms with Crippen molar-refractivity contribution in [2.75, 3.05) is 0 Å². The number of carbonyl (C=O) groups excluding carboxylic acids is 1. The first-order valence-corrected chi connectivity index (χ1v) is 8.13. The number of aryl methyl sites for hydroxylation is 1. The van der Waals surface area contributed by atoms with Crippen LogP contribution in [-0.2, 0) is 17.6 Å². The van der Waals surface area contributed by atoms with Crippen molar-refractivity contribution >= 4 is 36.4 Å². The van der Waals surface area contributed by atoms with Crippen LogP contribution >= 0.6 is 12.4 Å². The van der Waals surface area contributed by atoms with Crippen LogP contribution in [0.15, 0.2) is 59.5 Å². The lowest BCUT2D eigenvalue weighted by atomic mass is 9.76. The number of fused-ring (bicyclic) bond motifs is 1. The minimum atomic E-state index is -1.65. The van der Waals surface area contributed by atoms with E-state index in [0.29, 0.717) is 6.42 Å². The zero-order valence-electron chi connectivity index (χ0n) is 14.0. The van der Waals surface area contributed by atoms with Gasteiger partial charge in [-0.25, -0.2) is 0 Å². The van der Waals surface area contributed by atoms with E-state index in [1.165, 1.54) is 0 Å². The Morgan fingerprint density at radius 1 is 1.19 bits per heavy atom. The Balaban J connectivity index is 0.00000243. The van der Waals surface area contributed by atoms with Crippen molar-refractivity contribution in [1.82, 2.24) is 10.3 Å². The van der Waals surface area contributed by atoms with Crippen LogP contribution in [0.25, 0.3) is 11.0 Å². The zero-order chi connectivity index (χ0) is 17.6. The Morgan fingerprint density at radius 3 is 2.65 bits per heavy atom. The summed E-state index contributed by atoms with van der Waals surface area (Å²) in [6.45, 7) is 0. The predicted octanol–water partition coefficient (Wildman–Crippen LogP) is 1.92. The van der Waals surface area contributed by atoms with Crippen molar-refractivity contribution in [1.29, 1.82) is 0 Å². The van der Waals surface area contributed by atoms with E-state index in [-0.39, 0.29) is 31.2 Å². The fraction of sp³-hybridized carbons (Fsp3) is 0.222. The van der Waals surface area contributed by atoms with Gasteiger partial charge in [-0.05, 0) is 42.2 Å². The first kappa shape index (κ1) is 20.0. The summed E-state index contributed by atoms with van der Waals surface area (Å²) in [5, 5.41) is 22.8. The van der Waals surface area contributed by atoms with E-state index < -0.39 is 13.1 Å². The molecule has 1 atom stereocenters. The molecule has 0 fully saturated rings. The number of nitrogens with zero attached hydrogens (tertiary/aromatic N) is 1. The smallest absolute Gasteiger partial charge is 0.464 e. The van der Waals surface area contributed by atoms with Crippen LogP contribution in [0.3, 0.4) is 0 Å². The molecule has 26 heavy (non-hydrogen) atoms. The summed E-state index contributed by atoms with van der Waals surface area (Å²) in [7, 11) is -1.65. The van der Waals surface area contributed by atoms with Crippen LogP contribution < -0.4 is 5.32 Å². The van der Waals surface area contributed by atoms with Gasteiger partial charge in [0.2, 0.25) is 5.91 Å². The van der Waals surface area contributed by atoms with E-state index in [2.05, 4.69) is 10.3 Å². The minimum Gasteiger partial charge on any atom is -0.464 e. The lowest BCUT2D eigenvalue weighted by molar-refractivity contribution is -0.121. The monoisotopic (exact) mass is 374 g/mol. The van der Waals surface area contributed by atoms with Gasteiger partial charge in [0.25, 0.3) is 0 Å². The van der Waals surface area contributed by atoms with Gasteiger partial charge in [0.1, 0.15) is 5.58 Å². The van der Waals surface area contributed by atoms with Gasteiger partial charge in [-0.3, -0.25) is 9.78 Å². The zero-order valence-corrected chi connectivity index (χ0v) is 14.9. The van der Waals surface area contributed by atoms with Crippen molar-refractivity contribution in [3.63, 3.8) is 0 Å². The molecule has 6 nitrogen and oxygen atoms in total. The summed E-state index contributed by atoms with van der Waals surface area (Å²) in [6, 6.07) is 11.2. The maximum atomic E-state index is 12.2. The number of amides is 1. The second-order valence-corrected chi connectivity index (χ2v) is 5.90. The Morgan fingerprint density at radius 2 is 1.92 bits per heavy atom. The third kappa shape index (κ3) is 5.08. The van der Waals surface area contributed by atoms with Crippen molar-refractivity contribution in [3.8, 4) is 0 Å². The first-order chi connectivity index (χ1) is 12.1. The molecule has 0 bridgehead atoms. The molecule has 8 heteroatoms. The number of halogens is 1. The van der Waals surface area contributed by atoms with Gasteiger partial charge in [0, 0.05) is 24.2 Å². The van der Waals surface area contributed by atoms with E-state index in [0.717, 1.165) is 22.1 Å². The highest BCUT2D eigenvalue weighted by Gasteiger charge is 2.26. The fourth-order valence-corrected chi connectivity index (χ4v) is 2.75. The largest absolute Gasteiger partial charge is 0.475 e. The van der Waals surface area contributed by atoms with E-state index in [1.54, 1.807) is 18.7 Å². The van der Waals surface area contributed by atoms with Gasteiger partial charge >= 0.3 is 7.12 Å². The maximum absolute atomic E-state index is 12.2. The minimum absolute atomic E-state index is 0. The summed E-state index contributed by atoms with van der Waals surface area (Å²) in [6.07, 6.45) is 6.05. The van der Waals surface area contributed by atoms with Gasteiger partial charge in [-0.1, -0.05) is 18.2 Å². The lowest BCUT2D eigenvalue weighted by Gasteiger charge is -2.17. The van der Waals surface area contributed by atoms with Gasteiger partial charge < -0.3 is 19.8 Å². The molecule has 1 aromatic carbocycles. The Hall–Kier alpha value is -2.35. The SMILES string of the molecule is Cl.O=C(CCc1ccncc1)NC(Cc1coc2ccccc12)B(O)O. The van der Waals surface area contributed by atoms with Gasteiger partial charge in [0.05, 0.1) is 12.2 Å². The van der Waals surface area contributed by atoms with Crippen LogP contribution in [0.4, 0.5) is 0 Å². The number of hydrogen-bond donors (Lipinski definition) is 3. The molecule has 0 saturated heterocycles. The number of nitrogens with one attached hydrogen (secondary N) is 1. The highest BCUT2D eigenvalue weighted by Crippen LogP contribution is 2.22. The molecule has 0 aliphatic rings. The number of para-hydroxylation sites is 1. The van der Waals surface area contributed by atoms with Crippen LogP contribution in [0.5, 0.6) is 0 Å². The lowest BCUT2D eigenvalue weighted by Crippen LogP contribution is -2.47. The number of furan rings is 1. The fourth-order valence-electron chi connectivity index (χ4n) is 2.75. The molecular formula is C18H20BClN2O4. The quantitative estimate of drug-likeness (QED) is 0.549. The molecule has 1 amide bonds. The molecule has 0 spiro atoms. The first-order valence-electron chi connectivity index (χ1n) is 8.13. The number of aromatic nitrogens is 1. The molecule has 2 aromatic heterocycles. The number of hydrogen-bond acceptors (Lipinski definition) is 5. The normalized spacial score (nSPS) is 11.6. The van der Waals surface area contributed by atoms with Gasteiger partial charge in [0.15, 0.2) is 0 Å². The van der Waals surface area contributed by atoms with Crippen molar-refractivity contribution < 1.29 is 19.3 Å². The maximum Gasteiger partial charge on any atom is 0.475 e. The molecule has 0 aliphatic carbocycles. The van der Waals surface area contributed by atoms with Crippen LogP contribution in [0, 0.1) is 0 Å². The summed E-state index contributed by atoms with van der Waals surface area (Å²) in [5.74, 6) is -1.03. The molecule has 2 heterocycles. The Bertz CT molecular complexity index is 841. The predicted molar refractivity (Wildman–Crippen MR) is 102 cm³/mol. The molecule has 136 valence electrons. The summed E-state index contributed by atoms with van der Waals surface area (Å²) in [4.78, 5) is 16.1. The average molecular weight is 375 g/mol.